The molecular weight excluding hydrogens is 407 g/mol. The first-order chi connectivity index (χ1) is 10.3. The van der Waals surface area contributed by atoms with Gasteiger partial charge < -0.3 is 10.6 Å². The van der Waals surface area contributed by atoms with Crippen LogP contribution in [0.1, 0.15) is 22.9 Å². The zero-order chi connectivity index (χ0) is 14.9. The molecule has 2 N–H and O–H groups in total. The molecule has 0 bridgehead atoms. The Bertz CT molecular complexity index is 632. The summed E-state index contributed by atoms with van der Waals surface area (Å²) in [7, 11) is 0. The molecule has 0 radical (unpaired) electrons. The van der Waals surface area contributed by atoms with E-state index in [1.165, 1.54) is 4.88 Å². The Morgan fingerprint density at radius 1 is 1.27 bits per heavy atom. The minimum absolute atomic E-state index is 0. The third kappa shape index (κ3) is 6.03. The maximum atomic E-state index is 8.90. The monoisotopic (exact) mass is 426 g/mol. The van der Waals surface area contributed by atoms with Crippen LogP contribution in [0.2, 0.25) is 0 Å². The average molecular weight is 426 g/mol. The number of benzene rings is 1. The molecule has 4 nitrogen and oxygen atoms in total. The number of halogens is 1. The van der Waals surface area contributed by atoms with Crippen LogP contribution < -0.4 is 10.6 Å². The van der Waals surface area contributed by atoms with Gasteiger partial charge in [0.05, 0.1) is 24.7 Å². The fraction of sp³-hybridized carbons (Fsp3) is 0.250. The Morgan fingerprint density at radius 2 is 2.14 bits per heavy atom. The summed E-state index contributed by atoms with van der Waals surface area (Å²) in [6, 6.07) is 13.8. The van der Waals surface area contributed by atoms with Crippen LogP contribution in [0.3, 0.4) is 0 Å². The van der Waals surface area contributed by atoms with Crippen molar-refractivity contribution in [3.63, 3.8) is 0 Å². The van der Waals surface area contributed by atoms with Gasteiger partial charge in [0.25, 0.3) is 0 Å². The van der Waals surface area contributed by atoms with Crippen LogP contribution >= 0.6 is 35.3 Å². The molecule has 1 aromatic heterocycles. The van der Waals surface area contributed by atoms with E-state index in [9.17, 15) is 0 Å². The number of aliphatic imine (C=N–C) groups is 1. The Labute approximate surface area is 152 Å². The first kappa shape index (κ1) is 18.5. The number of nitrogens with one attached hydrogen (secondary N) is 2. The van der Waals surface area contributed by atoms with Gasteiger partial charge in [0.1, 0.15) is 0 Å². The molecule has 0 aliphatic carbocycles. The van der Waals surface area contributed by atoms with Crippen molar-refractivity contribution in [1.82, 2.24) is 10.6 Å². The summed E-state index contributed by atoms with van der Waals surface area (Å²) in [5, 5.41) is 17.5. The number of guanidine groups is 1. The number of rotatable bonds is 5. The van der Waals surface area contributed by atoms with E-state index in [2.05, 4.69) is 33.1 Å². The number of nitrogens with zero attached hydrogens (tertiary/aromatic N) is 2. The van der Waals surface area contributed by atoms with E-state index >= 15 is 0 Å². The van der Waals surface area contributed by atoms with Crippen LogP contribution in [0, 0.1) is 11.3 Å². The van der Waals surface area contributed by atoms with Crippen molar-refractivity contribution in [3.8, 4) is 6.07 Å². The van der Waals surface area contributed by atoms with Crippen LogP contribution in [0.25, 0.3) is 0 Å². The predicted molar refractivity (Wildman–Crippen MR) is 103 cm³/mol. The summed E-state index contributed by atoms with van der Waals surface area (Å²) < 4.78 is 0. The summed E-state index contributed by atoms with van der Waals surface area (Å²) in [5.41, 5.74) is 1.70. The van der Waals surface area contributed by atoms with Gasteiger partial charge in [0, 0.05) is 11.4 Å². The lowest BCUT2D eigenvalue weighted by Crippen LogP contribution is -2.36. The molecule has 0 aliphatic heterocycles. The SMILES string of the molecule is CCNC(=NCc1cccc(C#N)c1)NCc1cccs1.I. The van der Waals surface area contributed by atoms with Crippen molar-refractivity contribution in [1.29, 1.82) is 5.26 Å². The number of hydrogen-bond acceptors (Lipinski definition) is 3. The number of hydrogen-bond donors (Lipinski definition) is 2. The molecule has 0 fully saturated rings. The van der Waals surface area contributed by atoms with E-state index in [1.54, 1.807) is 17.4 Å². The van der Waals surface area contributed by atoms with Crippen LogP contribution in [0.4, 0.5) is 0 Å². The van der Waals surface area contributed by atoms with Gasteiger partial charge in [-0.2, -0.15) is 5.26 Å². The van der Waals surface area contributed by atoms with E-state index < -0.39 is 0 Å². The molecule has 0 saturated heterocycles. The van der Waals surface area contributed by atoms with Crippen molar-refractivity contribution in [3.05, 3.63) is 57.8 Å². The van der Waals surface area contributed by atoms with Crippen molar-refractivity contribution in [2.45, 2.75) is 20.0 Å². The van der Waals surface area contributed by atoms with Crippen LogP contribution in [0.5, 0.6) is 0 Å². The highest BCUT2D eigenvalue weighted by atomic mass is 127. The minimum atomic E-state index is 0. The maximum Gasteiger partial charge on any atom is 0.191 e. The summed E-state index contributed by atoms with van der Waals surface area (Å²) in [5.74, 6) is 0.785. The summed E-state index contributed by atoms with van der Waals surface area (Å²) >= 11 is 1.72. The average Bonchev–Trinajstić information content (AvgIpc) is 3.03. The lowest BCUT2D eigenvalue weighted by molar-refractivity contribution is 0.823. The largest absolute Gasteiger partial charge is 0.357 e. The zero-order valence-corrected chi connectivity index (χ0v) is 15.5. The molecule has 6 heteroatoms. The van der Waals surface area contributed by atoms with Gasteiger partial charge in [0.2, 0.25) is 0 Å². The van der Waals surface area contributed by atoms with Crippen molar-refractivity contribution in [2.24, 2.45) is 4.99 Å². The number of nitriles is 1. The summed E-state index contributed by atoms with van der Waals surface area (Å²) in [6.07, 6.45) is 0. The van der Waals surface area contributed by atoms with Crippen molar-refractivity contribution >= 4 is 41.3 Å². The van der Waals surface area contributed by atoms with E-state index in [4.69, 9.17) is 5.26 Å². The molecule has 1 aromatic carbocycles. The molecule has 2 rings (SSSR count). The lowest BCUT2D eigenvalue weighted by atomic mass is 10.1. The van der Waals surface area contributed by atoms with E-state index in [-0.39, 0.29) is 24.0 Å². The smallest absolute Gasteiger partial charge is 0.191 e. The molecule has 0 aliphatic rings. The predicted octanol–water partition coefficient (Wildman–Crippen LogP) is 3.49. The third-order valence-corrected chi connectivity index (χ3v) is 3.71. The fourth-order valence-electron chi connectivity index (χ4n) is 1.84. The van der Waals surface area contributed by atoms with Crippen LogP contribution in [-0.2, 0) is 13.1 Å². The molecule has 0 amide bonds. The van der Waals surface area contributed by atoms with Gasteiger partial charge in [-0.3, -0.25) is 0 Å². The second kappa shape index (κ2) is 10.2. The molecule has 116 valence electrons. The highest BCUT2D eigenvalue weighted by Gasteiger charge is 2.00. The van der Waals surface area contributed by atoms with Crippen molar-refractivity contribution in [2.75, 3.05) is 6.54 Å². The Hall–Kier alpha value is -1.59. The third-order valence-electron chi connectivity index (χ3n) is 2.83. The summed E-state index contributed by atoms with van der Waals surface area (Å²) in [6.45, 7) is 4.17. The molecule has 0 atom stereocenters. The second-order valence-electron chi connectivity index (χ2n) is 4.44. The van der Waals surface area contributed by atoms with Gasteiger partial charge in [-0.05, 0) is 36.1 Å². The molecule has 2 aromatic rings. The Morgan fingerprint density at radius 3 is 2.82 bits per heavy atom. The molecule has 0 spiro atoms. The van der Waals surface area contributed by atoms with Gasteiger partial charge >= 0.3 is 0 Å². The van der Waals surface area contributed by atoms with Gasteiger partial charge in [-0.15, -0.1) is 35.3 Å². The first-order valence-corrected chi connectivity index (χ1v) is 7.73. The fourth-order valence-corrected chi connectivity index (χ4v) is 2.48. The standard InChI is InChI=1S/C16H18N4S.HI/c1-2-18-16(20-12-15-7-4-8-21-15)19-11-14-6-3-5-13(9-14)10-17;/h3-9H,2,11-12H2,1H3,(H2,18,19,20);1H. The van der Waals surface area contributed by atoms with Gasteiger partial charge in [0.15, 0.2) is 5.96 Å². The maximum absolute atomic E-state index is 8.90. The zero-order valence-electron chi connectivity index (χ0n) is 12.4. The van der Waals surface area contributed by atoms with Crippen molar-refractivity contribution < 1.29 is 0 Å². The van der Waals surface area contributed by atoms with E-state index in [1.807, 2.05) is 31.2 Å². The second-order valence-corrected chi connectivity index (χ2v) is 5.47. The van der Waals surface area contributed by atoms with E-state index in [0.29, 0.717) is 12.1 Å². The van der Waals surface area contributed by atoms with Crippen LogP contribution in [0.15, 0.2) is 46.8 Å². The van der Waals surface area contributed by atoms with Gasteiger partial charge in [-0.25, -0.2) is 4.99 Å². The first-order valence-electron chi connectivity index (χ1n) is 6.85. The normalized spacial score (nSPS) is 10.5. The summed E-state index contributed by atoms with van der Waals surface area (Å²) in [4.78, 5) is 5.82. The number of thiophene rings is 1. The molecule has 0 saturated carbocycles. The Balaban J connectivity index is 0.00000242. The minimum Gasteiger partial charge on any atom is -0.357 e. The van der Waals surface area contributed by atoms with Gasteiger partial charge in [-0.1, -0.05) is 18.2 Å². The van der Waals surface area contributed by atoms with Crippen LogP contribution in [-0.4, -0.2) is 12.5 Å². The molecule has 0 unspecified atom stereocenters. The van der Waals surface area contributed by atoms with E-state index in [0.717, 1.165) is 24.6 Å². The Kier molecular flexibility index (Phi) is 8.55. The molecular formula is C16H19IN4S. The highest BCUT2D eigenvalue weighted by Crippen LogP contribution is 2.08. The topological polar surface area (TPSA) is 60.2 Å². The molecule has 22 heavy (non-hydrogen) atoms. The lowest BCUT2D eigenvalue weighted by Gasteiger charge is -2.10. The molecule has 1 heterocycles. The highest BCUT2D eigenvalue weighted by molar-refractivity contribution is 14.0. The quantitative estimate of drug-likeness (QED) is 0.437.